The Labute approximate surface area is 126 Å². The van der Waals surface area contributed by atoms with Gasteiger partial charge in [0.1, 0.15) is 6.04 Å². The minimum absolute atomic E-state index is 0.0879. The molecule has 3 unspecified atom stereocenters. The van der Waals surface area contributed by atoms with Gasteiger partial charge in [-0.15, -0.1) is 0 Å². The molecule has 2 aliphatic rings. The maximum Gasteiger partial charge on any atom is 0.326 e. The predicted octanol–water partition coefficient (Wildman–Crippen LogP) is 1.22. The first-order valence-electron chi connectivity index (χ1n) is 7.96. The number of carbonyl (C=O) groups excluding carboxylic acids is 1. The summed E-state index contributed by atoms with van der Waals surface area (Å²) in [6, 6.07) is -0.749. The normalized spacial score (nSPS) is 30.3. The lowest BCUT2D eigenvalue weighted by Crippen LogP contribution is -2.56. The van der Waals surface area contributed by atoms with Crippen molar-refractivity contribution >= 4 is 12.0 Å². The van der Waals surface area contributed by atoms with Crippen LogP contribution in [0.1, 0.15) is 32.6 Å². The molecule has 3 atom stereocenters. The number of aliphatic carboxylic acids is 1. The van der Waals surface area contributed by atoms with Gasteiger partial charge in [-0.3, -0.25) is 0 Å². The Morgan fingerprint density at radius 1 is 1.29 bits per heavy atom. The van der Waals surface area contributed by atoms with Gasteiger partial charge in [-0.05, 0) is 51.1 Å². The summed E-state index contributed by atoms with van der Waals surface area (Å²) in [6.45, 7) is 5.00. The highest BCUT2D eigenvalue weighted by molar-refractivity contribution is 5.83. The van der Waals surface area contributed by atoms with Crippen molar-refractivity contribution in [1.82, 2.24) is 15.1 Å². The van der Waals surface area contributed by atoms with Crippen molar-refractivity contribution in [2.45, 2.75) is 38.6 Å². The summed E-state index contributed by atoms with van der Waals surface area (Å²) in [7, 11) is 1.92. The molecule has 0 aliphatic carbocycles. The number of urea groups is 1. The summed E-state index contributed by atoms with van der Waals surface area (Å²) in [5.74, 6) is -0.0353. The predicted molar refractivity (Wildman–Crippen MR) is 80.1 cm³/mol. The highest BCUT2D eigenvalue weighted by Crippen LogP contribution is 2.25. The molecule has 120 valence electrons. The number of nitrogens with zero attached hydrogens (tertiary/aromatic N) is 2. The van der Waals surface area contributed by atoms with Gasteiger partial charge in [0, 0.05) is 19.6 Å². The van der Waals surface area contributed by atoms with Crippen molar-refractivity contribution in [2.75, 3.05) is 33.2 Å². The molecule has 0 saturated carbocycles. The van der Waals surface area contributed by atoms with Gasteiger partial charge in [-0.1, -0.05) is 6.92 Å². The Balaban J connectivity index is 2.01. The number of carbonyl (C=O) groups is 2. The number of nitrogens with one attached hydrogen (secondary N) is 1. The van der Waals surface area contributed by atoms with Crippen molar-refractivity contribution in [2.24, 2.45) is 11.8 Å². The van der Waals surface area contributed by atoms with Gasteiger partial charge in [-0.25, -0.2) is 9.59 Å². The van der Waals surface area contributed by atoms with Gasteiger partial charge in [-0.2, -0.15) is 0 Å². The summed E-state index contributed by atoms with van der Waals surface area (Å²) >= 11 is 0. The van der Waals surface area contributed by atoms with E-state index in [9.17, 15) is 14.7 Å². The van der Waals surface area contributed by atoms with Crippen LogP contribution < -0.4 is 5.32 Å². The number of carboxylic acid groups (broad SMARTS) is 1. The second-order valence-corrected chi connectivity index (χ2v) is 6.47. The van der Waals surface area contributed by atoms with E-state index < -0.39 is 12.0 Å². The lowest BCUT2D eigenvalue weighted by atomic mass is 9.92. The number of likely N-dealkylation sites (tertiary alicyclic amines) is 2. The molecule has 6 heteroatoms. The first-order chi connectivity index (χ1) is 10.0. The van der Waals surface area contributed by atoms with E-state index in [0.717, 1.165) is 38.9 Å². The minimum Gasteiger partial charge on any atom is -0.480 e. The highest BCUT2D eigenvalue weighted by atomic mass is 16.4. The molecular weight excluding hydrogens is 270 g/mol. The molecular formula is C15H27N3O3. The van der Waals surface area contributed by atoms with Crippen LogP contribution in [0.4, 0.5) is 4.79 Å². The zero-order valence-electron chi connectivity index (χ0n) is 13.0. The second-order valence-electron chi connectivity index (χ2n) is 6.47. The van der Waals surface area contributed by atoms with E-state index in [1.807, 2.05) is 11.9 Å². The van der Waals surface area contributed by atoms with Crippen molar-refractivity contribution in [3.63, 3.8) is 0 Å². The first-order valence-corrected chi connectivity index (χ1v) is 7.96. The van der Waals surface area contributed by atoms with Crippen LogP contribution in [-0.4, -0.2) is 66.2 Å². The van der Waals surface area contributed by atoms with Crippen LogP contribution in [0.5, 0.6) is 0 Å². The van der Waals surface area contributed by atoms with E-state index in [1.165, 1.54) is 0 Å². The molecule has 2 amide bonds. The summed E-state index contributed by atoms with van der Waals surface area (Å²) in [6.07, 6.45) is 3.59. The van der Waals surface area contributed by atoms with Gasteiger partial charge in [0.15, 0.2) is 0 Å². The third-order valence-electron chi connectivity index (χ3n) is 4.68. The molecule has 0 aromatic rings. The zero-order chi connectivity index (χ0) is 15.4. The Hall–Kier alpha value is -1.30. The lowest BCUT2D eigenvalue weighted by molar-refractivity contribution is -0.144. The van der Waals surface area contributed by atoms with Crippen LogP contribution >= 0.6 is 0 Å². The van der Waals surface area contributed by atoms with Crippen molar-refractivity contribution < 1.29 is 14.7 Å². The van der Waals surface area contributed by atoms with Gasteiger partial charge < -0.3 is 20.2 Å². The summed E-state index contributed by atoms with van der Waals surface area (Å²) in [4.78, 5) is 27.6. The van der Waals surface area contributed by atoms with Gasteiger partial charge in [0.05, 0.1) is 0 Å². The number of piperidine rings is 2. The third-order valence-corrected chi connectivity index (χ3v) is 4.68. The van der Waals surface area contributed by atoms with Crippen LogP contribution in [0, 0.1) is 11.8 Å². The van der Waals surface area contributed by atoms with E-state index in [2.05, 4.69) is 12.2 Å². The first kappa shape index (κ1) is 16.1. The van der Waals surface area contributed by atoms with E-state index in [0.29, 0.717) is 24.8 Å². The Bertz CT molecular complexity index is 386. The monoisotopic (exact) mass is 297 g/mol. The topological polar surface area (TPSA) is 72.9 Å². The largest absolute Gasteiger partial charge is 0.480 e. The fourth-order valence-corrected chi connectivity index (χ4v) is 3.48. The fourth-order valence-electron chi connectivity index (χ4n) is 3.48. The van der Waals surface area contributed by atoms with Crippen LogP contribution in [0.15, 0.2) is 0 Å². The molecule has 0 radical (unpaired) electrons. The van der Waals surface area contributed by atoms with Crippen LogP contribution in [0.2, 0.25) is 0 Å². The third kappa shape index (κ3) is 3.87. The van der Waals surface area contributed by atoms with Crippen molar-refractivity contribution in [3.8, 4) is 0 Å². The minimum atomic E-state index is -0.876. The average Bonchev–Trinajstić information content (AvgIpc) is 2.47. The molecule has 2 N–H and O–H groups in total. The number of hydrogen-bond donors (Lipinski definition) is 2. The smallest absolute Gasteiger partial charge is 0.326 e. The van der Waals surface area contributed by atoms with E-state index >= 15 is 0 Å². The zero-order valence-corrected chi connectivity index (χ0v) is 13.0. The Morgan fingerprint density at radius 3 is 2.71 bits per heavy atom. The number of amides is 2. The van der Waals surface area contributed by atoms with Gasteiger partial charge >= 0.3 is 12.0 Å². The molecule has 0 bridgehead atoms. The summed E-state index contributed by atoms with van der Waals surface area (Å²) in [5.41, 5.74) is 0. The molecule has 2 fully saturated rings. The molecule has 0 spiro atoms. The van der Waals surface area contributed by atoms with E-state index in [1.54, 1.807) is 4.90 Å². The van der Waals surface area contributed by atoms with Crippen LogP contribution in [-0.2, 0) is 4.79 Å². The summed E-state index contributed by atoms with van der Waals surface area (Å²) in [5, 5.41) is 12.6. The molecule has 2 aliphatic heterocycles. The summed E-state index contributed by atoms with van der Waals surface area (Å²) < 4.78 is 0. The number of carboxylic acids is 1. The van der Waals surface area contributed by atoms with E-state index in [4.69, 9.17) is 0 Å². The second kappa shape index (κ2) is 7.11. The van der Waals surface area contributed by atoms with Gasteiger partial charge in [0.2, 0.25) is 0 Å². The SMILES string of the molecule is CNCC1CCCN(C(=O)N2CCC(C)CC2C(=O)O)C1. The molecule has 2 heterocycles. The van der Waals surface area contributed by atoms with Gasteiger partial charge in [0.25, 0.3) is 0 Å². The van der Waals surface area contributed by atoms with Crippen LogP contribution in [0.3, 0.4) is 0 Å². The average molecular weight is 297 g/mol. The maximum atomic E-state index is 12.7. The van der Waals surface area contributed by atoms with Crippen LogP contribution in [0.25, 0.3) is 0 Å². The lowest BCUT2D eigenvalue weighted by Gasteiger charge is -2.41. The highest BCUT2D eigenvalue weighted by Gasteiger charge is 2.37. The quantitative estimate of drug-likeness (QED) is 0.821. The molecule has 21 heavy (non-hydrogen) atoms. The standard InChI is InChI=1S/C15H27N3O3/c1-11-5-7-18(13(8-11)14(19)20)15(21)17-6-3-4-12(10-17)9-16-2/h11-13,16H,3-10H2,1-2H3,(H,19,20). The molecule has 6 nitrogen and oxygen atoms in total. The molecule has 2 saturated heterocycles. The molecule has 0 aromatic heterocycles. The van der Waals surface area contributed by atoms with E-state index in [-0.39, 0.29) is 6.03 Å². The maximum absolute atomic E-state index is 12.7. The van der Waals surface area contributed by atoms with Crippen molar-refractivity contribution in [1.29, 1.82) is 0 Å². The molecule has 2 rings (SSSR count). The fraction of sp³-hybridized carbons (Fsp3) is 0.867. The number of hydrogen-bond acceptors (Lipinski definition) is 3. The Morgan fingerprint density at radius 2 is 2.05 bits per heavy atom. The molecule has 0 aromatic carbocycles. The van der Waals surface area contributed by atoms with Crippen molar-refractivity contribution in [3.05, 3.63) is 0 Å². The number of rotatable bonds is 3. The Kier molecular flexibility index (Phi) is 5.45.